The number of carbonyl (C=O) groups is 3. The van der Waals surface area contributed by atoms with Crippen LogP contribution in [0.1, 0.15) is 41.9 Å². The number of ether oxygens (including phenoxy) is 3. The minimum atomic E-state index is -0.668. The van der Waals surface area contributed by atoms with Crippen LogP contribution in [0.5, 0.6) is 5.75 Å². The molecule has 0 saturated heterocycles. The Bertz CT molecular complexity index is 815. The van der Waals surface area contributed by atoms with Crippen LogP contribution in [0.4, 0.5) is 5.00 Å². The monoisotopic (exact) mass is 405 g/mol. The van der Waals surface area contributed by atoms with Crippen LogP contribution in [-0.2, 0) is 19.1 Å². The SMILES string of the molecule is CCOC(=O)c1cc(C(C)C)sc1NC(=O)COC(=O)COc1ccccc1. The predicted octanol–water partition coefficient (Wildman–Crippen LogP) is 3.61. The lowest BCUT2D eigenvalue weighted by molar-refractivity contribution is -0.149. The van der Waals surface area contributed by atoms with Gasteiger partial charge in [-0.3, -0.25) is 4.79 Å². The van der Waals surface area contributed by atoms with Crippen LogP contribution in [0.3, 0.4) is 0 Å². The second-order valence-corrected chi connectivity index (χ2v) is 7.16. The third-order valence-corrected chi connectivity index (χ3v) is 4.88. The van der Waals surface area contributed by atoms with Crippen molar-refractivity contribution in [1.29, 1.82) is 0 Å². The summed E-state index contributed by atoms with van der Waals surface area (Å²) in [6.45, 7) is 5.14. The van der Waals surface area contributed by atoms with Crippen molar-refractivity contribution in [2.45, 2.75) is 26.7 Å². The van der Waals surface area contributed by atoms with Crippen LogP contribution in [0.25, 0.3) is 0 Å². The van der Waals surface area contributed by atoms with Gasteiger partial charge < -0.3 is 19.5 Å². The van der Waals surface area contributed by atoms with Crippen LogP contribution in [0, 0.1) is 0 Å². The molecule has 0 saturated carbocycles. The number of nitrogens with one attached hydrogen (secondary N) is 1. The number of thiophene rings is 1. The molecule has 0 bridgehead atoms. The van der Waals surface area contributed by atoms with E-state index in [2.05, 4.69) is 5.32 Å². The summed E-state index contributed by atoms with van der Waals surface area (Å²) in [6.07, 6.45) is 0. The minimum Gasteiger partial charge on any atom is -0.482 e. The molecule has 1 amide bonds. The Morgan fingerprint density at radius 3 is 2.43 bits per heavy atom. The standard InChI is InChI=1S/C20H23NO6S/c1-4-25-20(24)15-10-16(13(2)3)28-19(15)21-17(22)11-27-18(23)12-26-14-8-6-5-7-9-14/h5-10,13H,4,11-12H2,1-3H3,(H,21,22). The highest BCUT2D eigenvalue weighted by atomic mass is 32.1. The van der Waals surface area contributed by atoms with Gasteiger partial charge in [-0.1, -0.05) is 32.0 Å². The topological polar surface area (TPSA) is 90.9 Å². The summed E-state index contributed by atoms with van der Waals surface area (Å²) >= 11 is 1.29. The van der Waals surface area contributed by atoms with Crippen molar-refractivity contribution in [3.8, 4) is 5.75 Å². The van der Waals surface area contributed by atoms with Gasteiger partial charge in [-0.15, -0.1) is 11.3 Å². The molecule has 28 heavy (non-hydrogen) atoms. The highest BCUT2D eigenvalue weighted by Crippen LogP contribution is 2.33. The van der Waals surface area contributed by atoms with Crippen LogP contribution in [0.15, 0.2) is 36.4 Å². The molecule has 8 heteroatoms. The van der Waals surface area contributed by atoms with E-state index in [0.29, 0.717) is 16.3 Å². The van der Waals surface area contributed by atoms with Crippen LogP contribution in [0.2, 0.25) is 0 Å². The molecule has 0 unspecified atom stereocenters. The number of esters is 2. The van der Waals surface area contributed by atoms with Gasteiger partial charge in [0.25, 0.3) is 5.91 Å². The van der Waals surface area contributed by atoms with Gasteiger partial charge in [0.2, 0.25) is 0 Å². The highest BCUT2D eigenvalue weighted by molar-refractivity contribution is 7.16. The molecule has 0 aliphatic heterocycles. The maximum Gasteiger partial charge on any atom is 0.344 e. The molecule has 0 aliphatic carbocycles. The molecule has 2 rings (SSSR count). The highest BCUT2D eigenvalue weighted by Gasteiger charge is 2.20. The van der Waals surface area contributed by atoms with Gasteiger partial charge in [0.05, 0.1) is 12.2 Å². The molecule has 7 nitrogen and oxygen atoms in total. The van der Waals surface area contributed by atoms with Gasteiger partial charge >= 0.3 is 11.9 Å². The quantitative estimate of drug-likeness (QED) is 0.641. The summed E-state index contributed by atoms with van der Waals surface area (Å²) in [7, 11) is 0. The lowest BCUT2D eigenvalue weighted by Gasteiger charge is -2.08. The van der Waals surface area contributed by atoms with Crippen molar-refractivity contribution in [2.24, 2.45) is 0 Å². The minimum absolute atomic E-state index is 0.191. The van der Waals surface area contributed by atoms with Crippen LogP contribution in [-0.4, -0.2) is 37.7 Å². The van der Waals surface area contributed by atoms with E-state index in [1.807, 2.05) is 19.9 Å². The van der Waals surface area contributed by atoms with Gasteiger partial charge in [0, 0.05) is 4.88 Å². The van der Waals surface area contributed by atoms with Gasteiger partial charge in [-0.05, 0) is 31.0 Å². The largest absolute Gasteiger partial charge is 0.482 e. The average Bonchev–Trinajstić information content (AvgIpc) is 3.10. The fourth-order valence-electron chi connectivity index (χ4n) is 2.16. The van der Waals surface area contributed by atoms with Crippen molar-refractivity contribution in [3.05, 3.63) is 46.8 Å². The zero-order valence-corrected chi connectivity index (χ0v) is 16.8. The number of carbonyl (C=O) groups excluding carboxylic acids is 3. The second-order valence-electron chi connectivity index (χ2n) is 6.08. The number of anilines is 1. The Balaban J connectivity index is 1.89. The summed E-state index contributed by atoms with van der Waals surface area (Å²) in [6, 6.07) is 10.5. The fraction of sp³-hybridized carbons (Fsp3) is 0.350. The molecule has 1 aromatic carbocycles. The molecule has 0 radical (unpaired) electrons. The van der Waals surface area contributed by atoms with Gasteiger partial charge in [-0.25, -0.2) is 9.59 Å². The van der Waals surface area contributed by atoms with E-state index in [1.165, 1.54) is 11.3 Å². The van der Waals surface area contributed by atoms with Gasteiger partial charge in [0.15, 0.2) is 13.2 Å². The first-order chi connectivity index (χ1) is 13.4. The summed E-state index contributed by atoms with van der Waals surface area (Å²) in [5, 5.41) is 2.99. The van der Waals surface area contributed by atoms with E-state index in [1.54, 1.807) is 37.3 Å². The molecule has 1 heterocycles. The second kappa shape index (κ2) is 10.5. The maximum atomic E-state index is 12.1. The summed E-state index contributed by atoms with van der Waals surface area (Å²) in [5.41, 5.74) is 0.294. The Morgan fingerprint density at radius 2 is 1.79 bits per heavy atom. The molecule has 150 valence electrons. The normalized spacial score (nSPS) is 10.4. The molecule has 1 aromatic heterocycles. The fourth-order valence-corrected chi connectivity index (χ4v) is 3.22. The molecular weight excluding hydrogens is 382 g/mol. The molecule has 0 aliphatic rings. The average molecular weight is 405 g/mol. The van der Waals surface area contributed by atoms with E-state index < -0.39 is 24.5 Å². The third-order valence-electron chi connectivity index (χ3n) is 3.53. The lowest BCUT2D eigenvalue weighted by atomic mass is 10.1. The molecule has 0 atom stereocenters. The van der Waals surface area contributed by atoms with Crippen molar-refractivity contribution >= 4 is 34.2 Å². The molecular formula is C20H23NO6S. The van der Waals surface area contributed by atoms with Crippen molar-refractivity contribution in [2.75, 3.05) is 25.1 Å². The van der Waals surface area contributed by atoms with E-state index in [4.69, 9.17) is 14.2 Å². The Kier molecular flexibility index (Phi) is 8.01. The number of benzene rings is 1. The van der Waals surface area contributed by atoms with E-state index in [0.717, 1.165) is 4.88 Å². The zero-order valence-electron chi connectivity index (χ0n) is 16.0. The summed E-state index contributed by atoms with van der Waals surface area (Å²) < 4.78 is 15.2. The van der Waals surface area contributed by atoms with Gasteiger partial charge in [0.1, 0.15) is 10.8 Å². The molecule has 0 fully saturated rings. The first-order valence-electron chi connectivity index (χ1n) is 8.84. The van der Waals surface area contributed by atoms with E-state index >= 15 is 0 Å². The molecule has 0 spiro atoms. The van der Waals surface area contributed by atoms with E-state index in [-0.39, 0.29) is 19.1 Å². The Hall–Kier alpha value is -2.87. The summed E-state index contributed by atoms with van der Waals surface area (Å²) in [5.74, 6) is -0.997. The Labute approximate surface area is 167 Å². The number of rotatable bonds is 9. The van der Waals surface area contributed by atoms with Crippen molar-refractivity contribution in [3.63, 3.8) is 0 Å². The summed E-state index contributed by atoms with van der Waals surface area (Å²) in [4.78, 5) is 36.9. The maximum absolute atomic E-state index is 12.1. The lowest BCUT2D eigenvalue weighted by Crippen LogP contribution is -2.24. The Morgan fingerprint density at radius 1 is 1.07 bits per heavy atom. The van der Waals surface area contributed by atoms with Crippen molar-refractivity contribution in [1.82, 2.24) is 0 Å². The van der Waals surface area contributed by atoms with Crippen LogP contribution >= 0.6 is 11.3 Å². The zero-order chi connectivity index (χ0) is 20.5. The third kappa shape index (κ3) is 6.38. The molecule has 2 aromatic rings. The first-order valence-corrected chi connectivity index (χ1v) is 9.66. The van der Waals surface area contributed by atoms with Gasteiger partial charge in [-0.2, -0.15) is 0 Å². The predicted molar refractivity (Wildman–Crippen MR) is 106 cm³/mol. The number of hydrogen-bond donors (Lipinski definition) is 1. The number of para-hydroxylation sites is 1. The van der Waals surface area contributed by atoms with Crippen molar-refractivity contribution < 1.29 is 28.6 Å². The van der Waals surface area contributed by atoms with Crippen LogP contribution < -0.4 is 10.1 Å². The van der Waals surface area contributed by atoms with E-state index in [9.17, 15) is 14.4 Å². The smallest absolute Gasteiger partial charge is 0.344 e. The molecule has 1 N–H and O–H groups in total. The number of amides is 1. The number of hydrogen-bond acceptors (Lipinski definition) is 7. The first kappa shape index (κ1) is 21.4.